The summed E-state index contributed by atoms with van der Waals surface area (Å²) in [5.74, 6) is 2.04. The van der Waals surface area contributed by atoms with Gasteiger partial charge in [0.2, 0.25) is 0 Å². The SMILES string of the molecule is C1NCC23CNCC2CC13. The molecule has 0 amide bonds. The maximum Gasteiger partial charge on any atom is 0.00333 e. The Balaban J connectivity index is 1.95. The molecule has 2 aliphatic heterocycles. The largest absolute Gasteiger partial charge is 0.316 e. The Bertz CT molecular complexity index is 149. The highest BCUT2D eigenvalue weighted by Gasteiger charge is 2.59. The van der Waals surface area contributed by atoms with Crippen molar-refractivity contribution in [2.75, 3.05) is 26.2 Å². The molecule has 1 saturated carbocycles. The van der Waals surface area contributed by atoms with Crippen LogP contribution in [0.4, 0.5) is 0 Å². The van der Waals surface area contributed by atoms with E-state index in [1.165, 1.54) is 32.6 Å². The first-order valence-electron chi connectivity index (χ1n) is 4.33. The lowest BCUT2D eigenvalue weighted by Crippen LogP contribution is -2.47. The third kappa shape index (κ3) is 0.424. The van der Waals surface area contributed by atoms with E-state index in [1.54, 1.807) is 0 Å². The van der Waals surface area contributed by atoms with E-state index in [9.17, 15) is 0 Å². The van der Waals surface area contributed by atoms with Crippen LogP contribution in [0.3, 0.4) is 0 Å². The van der Waals surface area contributed by atoms with Gasteiger partial charge < -0.3 is 10.6 Å². The van der Waals surface area contributed by atoms with Crippen molar-refractivity contribution in [1.29, 1.82) is 0 Å². The Morgan fingerprint density at radius 3 is 2.10 bits per heavy atom. The van der Waals surface area contributed by atoms with Gasteiger partial charge in [0, 0.05) is 18.5 Å². The van der Waals surface area contributed by atoms with Gasteiger partial charge in [-0.1, -0.05) is 0 Å². The topological polar surface area (TPSA) is 24.1 Å². The standard InChI is InChI=1S/C8H14N2/c1-6-2-9-4-8(6)5-10-3-7(1)8/h6-7,9-10H,1-5H2. The lowest BCUT2D eigenvalue weighted by Gasteiger charge is -2.46. The van der Waals surface area contributed by atoms with Crippen LogP contribution in [-0.2, 0) is 0 Å². The third-order valence-corrected chi connectivity index (χ3v) is 3.88. The minimum atomic E-state index is 0.722. The molecule has 1 spiro atoms. The van der Waals surface area contributed by atoms with Gasteiger partial charge >= 0.3 is 0 Å². The van der Waals surface area contributed by atoms with Gasteiger partial charge in [-0.15, -0.1) is 0 Å². The summed E-state index contributed by atoms with van der Waals surface area (Å²) in [5, 5.41) is 7.01. The van der Waals surface area contributed by atoms with Gasteiger partial charge in [-0.05, 0) is 31.3 Å². The van der Waals surface area contributed by atoms with E-state index in [0.29, 0.717) is 0 Å². The predicted octanol–water partition coefficient (Wildman–Crippen LogP) is -0.185. The van der Waals surface area contributed by atoms with Crippen LogP contribution in [0.5, 0.6) is 0 Å². The van der Waals surface area contributed by atoms with Crippen LogP contribution in [0, 0.1) is 17.3 Å². The Morgan fingerprint density at radius 1 is 1.00 bits per heavy atom. The summed E-state index contributed by atoms with van der Waals surface area (Å²) >= 11 is 0. The number of hydrogen-bond acceptors (Lipinski definition) is 2. The highest BCUT2D eigenvalue weighted by atomic mass is 15.1. The quantitative estimate of drug-likeness (QED) is 0.485. The average Bonchev–Trinajstić information content (AvgIpc) is 2.41. The Labute approximate surface area is 61.4 Å². The molecule has 1 aliphatic carbocycles. The molecule has 2 heteroatoms. The van der Waals surface area contributed by atoms with Crippen LogP contribution in [0.25, 0.3) is 0 Å². The van der Waals surface area contributed by atoms with E-state index >= 15 is 0 Å². The van der Waals surface area contributed by atoms with Crippen LogP contribution >= 0.6 is 0 Å². The van der Waals surface area contributed by atoms with Crippen molar-refractivity contribution in [1.82, 2.24) is 10.6 Å². The molecule has 2 N–H and O–H groups in total. The molecule has 10 heavy (non-hydrogen) atoms. The van der Waals surface area contributed by atoms with Gasteiger partial charge in [0.25, 0.3) is 0 Å². The molecule has 3 aliphatic rings. The van der Waals surface area contributed by atoms with Crippen LogP contribution < -0.4 is 10.6 Å². The molecule has 2 saturated heterocycles. The van der Waals surface area contributed by atoms with Crippen LogP contribution in [-0.4, -0.2) is 26.2 Å². The van der Waals surface area contributed by atoms with E-state index in [-0.39, 0.29) is 0 Å². The molecule has 2 nitrogen and oxygen atoms in total. The van der Waals surface area contributed by atoms with Gasteiger partial charge in [0.1, 0.15) is 0 Å². The fourth-order valence-corrected chi connectivity index (χ4v) is 3.16. The second kappa shape index (κ2) is 1.56. The van der Waals surface area contributed by atoms with E-state index in [1.807, 2.05) is 0 Å². The summed E-state index contributed by atoms with van der Waals surface area (Å²) in [6.07, 6.45) is 1.49. The second-order valence-corrected chi connectivity index (χ2v) is 4.12. The summed E-state index contributed by atoms with van der Waals surface area (Å²) in [7, 11) is 0. The van der Waals surface area contributed by atoms with Crippen molar-refractivity contribution in [3.05, 3.63) is 0 Å². The predicted molar refractivity (Wildman–Crippen MR) is 39.8 cm³/mol. The third-order valence-electron chi connectivity index (χ3n) is 3.88. The average molecular weight is 138 g/mol. The summed E-state index contributed by atoms with van der Waals surface area (Å²) in [6, 6.07) is 0. The minimum Gasteiger partial charge on any atom is -0.316 e. The smallest absolute Gasteiger partial charge is 0.00333 e. The van der Waals surface area contributed by atoms with E-state index in [2.05, 4.69) is 10.6 Å². The first-order chi connectivity index (χ1) is 4.92. The molecule has 0 aromatic rings. The molecular formula is C8H14N2. The normalized spacial score (nSPS) is 57.6. The molecule has 2 unspecified atom stereocenters. The van der Waals surface area contributed by atoms with Crippen LogP contribution in [0.2, 0.25) is 0 Å². The summed E-state index contributed by atoms with van der Waals surface area (Å²) in [4.78, 5) is 0. The zero-order valence-corrected chi connectivity index (χ0v) is 6.19. The maximum atomic E-state index is 3.51. The van der Waals surface area contributed by atoms with Crippen molar-refractivity contribution in [2.45, 2.75) is 6.42 Å². The van der Waals surface area contributed by atoms with Crippen molar-refractivity contribution in [3.63, 3.8) is 0 Å². The second-order valence-electron chi connectivity index (χ2n) is 4.12. The Hall–Kier alpha value is -0.0800. The monoisotopic (exact) mass is 138 g/mol. The molecule has 0 aromatic carbocycles. The molecule has 0 radical (unpaired) electrons. The van der Waals surface area contributed by atoms with E-state index < -0.39 is 0 Å². The molecule has 56 valence electrons. The summed E-state index contributed by atoms with van der Waals surface area (Å²) in [5.41, 5.74) is 0.722. The van der Waals surface area contributed by atoms with E-state index in [4.69, 9.17) is 0 Å². The first kappa shape index (κ1) is 5.56. The molecule has 0 aromatic heterocycles. The highest BCUT2D eigenvalue weighted by molar-refractivity contribution is 5.12. The summed E-state index contributed by atoms with van der Waals surface area (Å²) in [6.45, 7) is 5.15. The van der Waals surface area contributed by atoms with Crippen LogP contribution in [0.15, 0.2) is 0 Å². The lowest BCUT2D eigenvalue weighted by molar-refractivity contribution is 0.0413. The Kier molecular flexibility index (Phi) is 0.868. The Morgan fingerprint density at radius 2 is 1.60 bits per heavy atom. The maximum absolute atomic E-state index is 3.51. The van der Waals surface area contributed by atoms with Gasteiger partial charge in [-0.25, -0.2) is 0 Å². The van der Waals surface area contributed by atoms with Crippen molar-refractivity contribution in [2.24, 2.45) is 17.3 Å². The summed E-state index contributed by atoms with van der Waals surface area (Å²) < 4.78 is 0. The lowest BCUT2D eigenvalue weighted by atomic mass is 9.56. The molecule has 2 heterocycles. The van der Waals surface area contributed by atoms with Crippen molar-refractivity contribution < 1.29 is 0 Å². The number of hydrogen-bond donors (Lipinski definition) is 2. The van der Waals surface area contributed by atoms with E-state index in [0.717, 1.165) is 17.3 Å². The number of nitrogens with one attached hydrogen (secondary N) is 2. The highest BCUT2D eigenvalue weighted by Crippen LogP contribution is 2.55. The molecule has 3 fully saturated rings. The van der Waals surface area contributed by atoms with Gasteiger partial charge in [-0.3, -0.25) is 0 Å². The molecule has 2 atom stereocenters. The molecular weight excluding hydrogens is 124 g/mol. The van der Waals surface area contributed by atoms with Gasteiger partial charge in [0.15, 0.2) is 0 Å². The van der Waals surface area contributed by atoms with Gasteiger partial charge in [0.05, 0.1) is 0 Å². The fourth-order valence-electron chi connectivity index (χ4n) is 3.16. The van der Waals surface area contributed by atoms with Crippen LogP contribution in [0.1, 0.15) is 6.42 Å². The number of rotatable bonds is 0. The zero-order valence-electron chi connectivity index (χ0n) is 6.19. The first-order valence-corrected chi connectivity index (χ1v) is 4.33. The van der Waals surface area contributed by atoms with Crippen molar-refractivity contribution in [3.8, 4) is 0 Å². The minimum absolute atomic E-state index is 0.722. The fraction of sp³-hybridized carbons (Fsp3) is 1.00. The molecule has 0 bridgehead atoms. The zero-order chi connectivity index (χ0) is 6.60. The molecule has 3 rings (SSSR count). The van der Waals surface area contributed by atoms with Crippen molar-refractivity contribution >= 4 is 0 Å². The van der Waals surface area contributed by atoms with Gasteiger partial charge in [-0.2, -0.15) is 0 Å².